The van der Waals surface area contributed by atoms with Crippen molar-refractivity contribution in [3.05, 3.63) is 23.9 Å². The SMILES string of the molecule is CNc1cccc(C(=O)N(C)CC2CC(O)C2)n1. The van der Waals surface area contributed by atoms with Crippen LogP contribution in [0.15, 0.2) is 18.2 Å². The summed E-state index contributed by atoms with van der Waals surface area (Å²) in [5.41, 5.74) is 0.448. The number of rotatable bonds is 4. The third kappa shape index (κ3) is 2.79. The molecule has 0 aromatic carbocycles. The van der Waals surface area contributed by atoms with Crippen molar-refractivity contribution in [3.63, 3.8) is 0 Å². The van der Waals surface area contributed by atoms with Gasteiger partial charge in [0, 0.05) is 20.6 Å². The fraction of sp³-hybridized carbons (Fsp3) is 0.538. The van der Waals surface area contributed by atoms with Crippen LogP contribution >= 0.6 is 0 Å². The van der Waals surface area contributed by atoms with Crippen molar-refractivity contribution in [3.8, 4) is 0 Å². The van der Waals surface area contributed by atoms with Gasteiger partial charge in [-0.15, -0.1) is 0 Å². The summed E-state index contributed by atoms with van der Waals surface area (Å²) in [4.78, 5) is 18.0. The number of carbonyl (C=O) groups excluding carboxylic acids is 1. The maximum atomic E-state index is 12.1. The van der Waals surface area contributed by atoms with E-state index in [9.17, 15) is 9.90 Å². The van der Waals surface area contributed by atoms with E-state index in [0.29, 0.717) is 24.0 Å². The molecule has 5 nitrogen and oxygen atoms in total. The smallest absolute Gasteiger partial charge is 0.272 e. The largest absolute Gasteiger partial charge is 0.393 e. The van der Waals surface area contributed by atoms with Gasteiger partial charge < -0.3 is 15.3 Å². The quantitative estimate of drug-likeness (QED) is 0.834. The van der Waals surface area contributed by atoms with Crippen LogP contribution in [0.5, 0.6) is 0 Å². The van der Waals surface area contributed by atoms with Crippen LogP contribution in [0.25, 0.3) is 0 Å². The highest BCUT2D eigenvalue weighted by atomic mass is 16.3. The number of aromatic nitrogens is 1. The van der Waals surface area contributed by atoms with Crippen LogP contribution in [0.2, 0.25) is 0 Å². The molecule has 1 saturated carbocycles. The number of hydrogen-bond acceptors (Lipinski definition) is 4. The normalized spacial score (nSPS) is 22.2. The molecule has 0 saturated heterocycles. The van der Waals surface area contributed by atoms with E-state index in [1.165, 1.54) is 0 Å². The highest BCUT2D eigenvalue weighted by Crippen LogP contribution is 2.27. The number of aliphatic hydroxyl groups excluding tert-OH is 1. The first-order valence-electron chi connectivity index (χ1n) is 6.18. The second-order valence-corrected chi connectivity index (χ2v) is 4.83. The van der Waals surface area contributed by atoms with E-state index in [2.05, 4.69) is 10.3 Å². The molecule has 0 spiro atoms. The number of hydrogen-bond donors (Lipinski definition) is 2. The molecule has 5 heteroatoms. The van der Waals surface area contributed by atoms with Crippen LogP contribution in [0.1, 0.15) is 23.3 Å². The Bertz CT molecular complexity index is 430. The topological polar surface area (TPSA) is 65.5 Å². The Kier molecular flexibility index (Phi) is 3.81. The molecule has 2 N–H and O–H groups in total. The van der Waals surface area contributed by atoms with Crippen LogP contribution in [0, 0.1) is 5.92 Å². The monoisotopic (exact) mass is 249 g/mol. The Balaban J connectivity index is 1.96. The molecule has 0 unspecified atom stereocenters. The zero-order valence-corrected chi connectivity index (χ0v) is 10.8. The van der Waals surface area contributed by atoms with Gasteiger partial charge >= 0.3 is 0 Å². The minimum Gasteiger partial charge on any atom is -0.393 e. The third-order valence-electron chi connectivity index (χ3n) is 3.31. The number of aliphatic hydroxyl groups is 1. The summed E-state index contributed by atoms with van der Waals surface area (Å²) in [6.45, 7) is 0.682. The Hall–Kier alpha value is -1.62. The second kappa shape index (κ2) is 5.35. The van der Waals surface area contributed by atoms with Gasteiger partial charge in [-0.1, -0.05) is 6.07 Å². The number of nitrogens with zero attached hydrogens (tertiary/aromatic N) is 2. The standard InChI is InChI=1S/C13H19N3O2/c1-14-12-5-3-4-11(15-12)13(18)16(2)8-9-6-10(17)7-9/h3-5,9-10,17H,6-8H2,1-2H3,(H,14,15). The lowest BCUT2D eigenvalue weighted by molar-refractivity contribution is 0.0264. The molecular weight excluding hydrogens is 230 g/mol. The molecule has 1 aromatic heterocycles. The van der Waals surface area contributed by atoms with Crippen molar-refractivity contribution in [1.82, 2.24) is 9.88 Å². The highest BCUT2D eigenvalue weighted by Gasteiger charge is 2.29. The van der Waals surface area contributed by atoms with Gasteiger partial charge in [0.25, 0.3) is 5.91 Å². The number of nitrogens with one attached hydrogen (secondary N) is 1. The zero-order chi connectivity index (χ0) is 13.1. The molecule has 1 heterocycles. The number of carbonyl (C=O) groups is 1. The minimum absolute atomic E-state index is 0.0755. The Morgan fingerprint density at radius 3 is 2.89 bits per heavy atom. The summed E-state index contributed by atoms with van der Waals surface area (Å²) in [6.07, 6.45) is 1.41. The number of pyridine rings is 1. The van der Waals surface area contributed by atoms with Gasteiger partial charge in [-0.05, 0) is 30.9 Å². The molecule has 0 radical (unpaired) electrons. The molecule has 1 aromatic rings. The van der Waals surface area contributed by atoms with Crippen LogP contribution in [0.3, 0.4) is 0 Å². The average molecular weight is 249 g/mol. The second-order valence-electron chi connectivity index (χ2n) is 4.83. The van der Waals surface area contributed by atoms with E-state index in [0.717, 1.165) is 12.8 Å². The average Bonchev–Trinajstić information content (AvgIpc) is 2.36. The van der Waals surface area contributed by atoms with Crippen LogP contribution in [-0.4, -0.2) is 47.6 Å². The van der Waals surface area contributed by atoms with Crippen molar-refractivity contribution in [2.24, 2.45) is 5.92 Å². The molecule has 0 bridgehead atoms. The lowest BCUT2D eigenvalue weighted by Crippen LogP contribution is -2.39. The lowest BCUT2D eigenvalue weighted by Gasteiger charge is -2.34. The molecule has 98 valence electrons. The van der Waals surface area contributed by atoms with Gasteiger partial charge in [0.15, 0.2) is 0 Å². The van der Waals surface area contributed by atoms with E-state index in [1.807, 2.05) is 12.1 Å². The third-order valence-corrected chi connectivity index (χ3v) is 3.31. The summed E-state index contributed by atoms with van der Waals surface area (Å²) < 4.78 is 0. The Labute approximate surface area is 107 Å². The fourth-order valence-corrected chi connectivity index (χ4v) is 2.21. The van der Waals surface area contributed by atoms with Gasteiger partial charge in [0.2, 0.25) is 0 Å². The van der Waals surface area contributed by atoms with E-state index >= 15 is 0 Å². The molecule has 1 amide bonds. The van der Waals surface area contributed by atoms with Crippen LogP contribution < -0.4 is 5.32 Å². The van der Waals surface area contributed by atoms with Gasteiger partial charge in [-0.2, -0.15) is 0 Å². The molecule has 2 rings (SSSR count). The van der Waals surface area contributed by atoms with E-state index in [-0.39, 0.29) is 12.0 Å². The Morgan fingerprint density at radius 2 is 2.28 bits per heavy atom. The summed E-state index contributed by atoms with van der Waals surface area (Å²) in [7, 11) is 3.55. The highest BCUT2D eigenvalue weighted by molar-refractivity contribution is 5.92. The summed E-state index contributed by atoms with van der Waals surface area (Å²) >= 11 is 0. The molecule has 0 atom stereocenters. The molecule has 1 aliphatic rings. The van der Waals surface area contributed by atoms with Crippen molar-refractivity contribution >= 4 is 11.7 Å². The maximum absolute atomic E-state index is 12.1. The van der Waals surface area contributed by atoms with Gasteiger partial charge in [-0.3, -0.25) is 4.79 Å². The summed E-state index contributed by atoms with van der Waals surface area (Å²) in [5, 5.41) is 12.1. The van der Waals surface area contributed by atoms with E-state index < -0.39 is 0 Å². The number of anilines is 1. The van der Waals surface area contributed by atoms with Crippen molar-refractivity contribution in [2.75, 3.05) is 26.0 Å². The van der Waals surface area contributed by atoms with Gasteiger partial charge in [0.1, 0.15) is 11.5 Å². The molecule has 1 fully saturated rings. The lowest BCUT2D eigenvalue weighted by atomic mass is 9.82. The van der Waals surface area contributed by atoms with Gasteiger partial charge in [-0.25, -0.2) is 4.98 Å². The van der Waals surface area contributed by atoms with Crippen LogP contribution in [0.4, 0.5) is 5.82 Å². The van der Waals surface area contributed by atoms with Crippen molar-refractivity contribution < 1.29 is 9.90 Å². The van der Waals surface area contributed by atoms with E-state index in [4.69, 9.17) is 0 Å². The molecule has 1 aliphatic carbocycles. The zero-order valence-electron chi connectivity index (χ0n) is 10.8. The Morgan fingerprint density at radius 1 is 1.56 bits per heavy atom. The first kappa shape index (κ1) is 12.8. The van der Waals surface area contributed by atoms with Gasteiger partial charge in [0.05, 0.1) is 6.10 Å². The fourth-order valence-electron chi connectivity index (χ4n) is 2.21. The maximum Gasteiger partial charge on any atom is 0.272 e. The summed E-state index contributed by atoms with van der Waals surface area (Å²) in [5.74, 6) is 1.03. The first-order valence-corrected chi connectivity index (χ1v) is 6.18. The first-order chi connectivity index (χ1) is 8.60. The van der Waals surface area contributed by atoms with E-state index in [1.54, 1.807) is 25.1 Å². The molecule has 0 aliphatic heterocycles. The number of amides is 1. The minimum atomic E-state index is -0.177. The van der Waals surface area contributed by atoms with Crippen molar-refractivity contribution in [2.45, 2.75) is 18.9 Å². The molecule has 18 heavy (non-hydrogen) atoms. The summed E-state index contributed by atoms with van der Waals surface area (Å²) in [6, 6.07) is 5.35. The molecular formula is C13H19N3O2. The van der Waals surface area contributed by atoms with Crippen LogP contribution in [-0.2, 0) is 0 Å². The predicted octanol–water partition coefficient (Wildman–Crippen LogP) is 0.966. The predicted molar refractivity (Wildman–Crippen MR) is 69.5 cm³/mol. The van der Waals surface area contributed by atoms with Crippen molar-refractivity contribution in [1.29, 1.82) is 0 Å².